The van der Waals surface area contributed by atoms with Gasteiger partial charge in [0.05, 0.1) is 9.82 Å². The maximum Gasteiger partial charge on any atom is 0.283 e. The van der Waals surface area contributed by atoms with Crippen molar-refractivity contribution in [2.75, 3.05) is 0 Å². The summed E-state index contributed by atoms with van der Waals surface area (Å²) in [4.78, 5) is 11.6. The second-order valence-electron chi connectivity index (χ2n) is 3.98. The zero-order valence-electron chi connectivity index (χ0n) is 10.6. The van der Waals surface area contributed by atoms with Crippen molar-refractivity contribution in [1.82, 2.24) is 0 Å². The third-order valence-corrected chi connectivity index (χ3v) is 3.67. The van der Waals surface area contributed by atoms with Gasteiger partial charge in [-0.2, -0.15) is 0 Å². The lowest BCUT2D eigenvalue weighted by Gasteiger charge is -2.05. The van der Waals surface area contributed by atoms with Gasteiger partial charge in [0, 0.05) is 16.5 Å². The van der Waals surface area contributed by atoms with Crippen molar-refractivity contribution in [3.8, 4) is 0 Å². The van der Waals surface area contributed by atoms with Gasteiger partial charge in [-0.05, 0) is 36.4 Å². The van der Waals surface area contributed by atoms with E-state index in [9.17, 15) is 14.5 Å². The molecule has 0 heterocycles. The smallest absolute Gasteiger partial charge is 0.283 e. The summed E-state index contributed by atoms with van der Waals surface area (Å²) in [6.07, 6.45) is 0. The molecule has 6 nitrogen and oxygen atoms in total. The third kappa shape index (κ3) is 3.48. The average molecular weight is 307 g/mol. The molecule has 0 saturated carbocycles. The highest BCUT2D eigenvalue weighted by Gasteiger charge is 2.17. The molecule has 2 aromatic carbocycles. The molecule has 3 N–H and O–H groups in total. The average Bonchev–Trinajstić information content (AvgIpc) is 2.49. The van der Waals surface area contributed by atoms with Crippen LogP contribution in [0.25, 0.3) is 0 Å². The van der Waals surface area contributed by atoms with E-state index in [1.165, 1.54) is 42.5 Å². The van der Waals surface area contributed by atoms with E-state index in [0.29, 0.717) is 9.79 Å². The number of rotatable bonds is 4. The Morgan fingerprint density at radius 3 is 2.52 bits per heavy atom. The predicted molar refractivity (Wildman–Crippen MR) is 76.1 cm³/mol. The Morgan fingerprint density at radius 2 is 1.95 bits per heavy atom. The predicted octanol–water partition coefficient (Wildman–Crippen LogP) is 2.98. The fraction of sp³-hybridized carbons (Fsp3) is 0. The summed E-state index contributed by atoms with van der Waals surface area (Å²) in [5.41, 5.74) is 5.48. The number of benzene rings is 2. The van der Waals surface area contributed by atoms with Crippen molar-refractivity contribution < 1.29 is 14.5 Å². The lowest BCUT2D eigenvalue weighted by molar-refractivity contribution is -0.387. The second kappa shape index (κ2) is 6.23. The van der Waals surface area contributed by atoms with Crippen LogP contribution in [0.1, 0.15) is 5.56 Å². The van der Waals surface area contributed by atoms with Gasteiger partial charge in [-0.15, -0.1) is 0 Å². The minimum atomic E-state index is -0.556. The van der Waals surface area contributed by atoms with Crippen molar-refractivity contribution >= 4 is 23.3 Å². The maximum absolute atomic E-state index is 12.8. The molecule has 0 radical (unpaired) electrons. The summed E-state index contributed by atoms with van der Waals surface area (Å²) in [6.45, 7) is 0. The van der Waals surface area contributed by atoms with E-state index in [4.69, 9.17) is 10.9 Å². The molecule has 0 atom stereocenters. The molecule has 21 heavy (non-hydrogen) atoms. The van der Waals surface area contributed by atoms with Gasteiger partial charge in [0.15, 0.2) is 5.84 Å². The van der Waals surface area contributed by atoms with E-state index in [1.54, 1.807) is 0 Å². The number of amidine groups is 1. The van der Waals surface area contributed by atoms with Crippen molar-refractivity contribution in [2.45, 2.75) is 9.79 Å². The highest BCUT2D eigenvalue weighted by Crippen LogP contribution is 2.35. The van der Waals surface area contributed by atoms with Crippen molar-refractivity contribution in [1.29, 1.82) is 0 Å². The Bertz CT molecular complexity index is 704. The molecule has 0 bridgehead atoms. The monoisotopic (exact) mass is 307 g/mol. The quantitative estimate of drug-likeness (QED) is 0.297. The van der Waals surface area contributed by atoms with E-state index in [-0.39, 0.29) is 22.9 Å². The van der Waals surface area contributed by atoms with Gasteiger partial charge in [-0.25, -0.2) is 4.39 Å². The summed E-state index contributed by atoms with van der Waals surface area (Å²) < 4.78 is 12.8. The van der Waals surface area contributed by atoms with Crippen LogP contribution >= 0.6 is 11.8 Å². The Kier molecular flexibility index (Phi) is 4.39. The largest absolute Gasteiger partial charge is 0.409 e. The van der Waals surface area contributed by atoms with Crippen molar-refractivity contribution in [3.05, 3.63) is 64.0 Å². The summed E-state index contributed by atoms with van der Waals surface area (Å²) in [5.74, 6) is -0.590. The van der Waals surface area contributed by atoms with Crippen molar-refractivity contribution in [2.24, 2.45) is 10.9 Å². The van der Waals surface area contributed by atoms with Crippen LogP contribution in [0.15, 0.2) is 57.4 Å². The third-order valence-electron chi connectivity index (χ3n) is 2.60. The fourth-order valence-corrected chi connectivity index (χ4v) is 2.49. The van der Waals surface area contributed by atoms with Crippen molar-refractivity contribution in [3.63, 3.8) is 0 Å². The van der Waals surface area contributed by atoms with Gasteiger partial charge < -0.3 is 10.9 Å². The zero-order valence-corrected chi connectivity index (χ0v) is 11.4. The molecule has 0 aliphatic rings. The summed E-state index contributed by atoms with van der Waals surface area (Å²) in [7, 11) is 0. The molecule has 2 aromatic rings. The Hall–Kier alpha value is -2.61. The maximum atomic E-state index is 12.8. The summed E-state index contributed by atoms with van der Waals surface area (Å²) in [6, 6.07) is 9.84. The number of halogens is 1. The molecule has 0 spiro atoms. The number of nitro benzene ring substituents is 1. The molecule has 0 aromatic heterocycles. The lowest BCUT2D eigenvalue weighted by Crippen LogP contribution is -2.13. The van der Waals surface area contributed by atoms with Gasteiger partial charge >= 0.3 is 0 Å². The molecule has 0 aliphatic heterocycles. The number of hydrogen-bond acceptors (Lipinski definition) is 5. The zero-order chi connectivity index (χ0) is 15.4. The second-order valence-corrected chi connectivity index (χ2v) is 5.10. The van der Waals surface area contributed by atoms with Crippen LogP contribution in [0.5, 0.6) is 0 Å². The lowest BCUT2D eigenvalue weighted by atomic mass is 10.2. The molecule has 0 unspecified atom stereocenters. The van der Waals surface area contributed by atoms with E-state index in [2.05, 4.69) is 5.16 Å². The van der Waals surface area contributed by atoms with E-state index < -0.39 is 4.92 Å². The van der Waals surface area contributed by atoms with Crippen LogP contribution < -0.4 is 5.73 Å². The highest BCUT2D eigenvalue weighted by atomic mass is 32.2. The summed E-state index contributed by atoms with van der Waals surface area (Å²) >= 11 is 1.13. The van der Waals surface area contributed by atoms with E-state index in [1.807, 2.05) is 0 Å². The van der Waals surface area contributed by atoms with Crippen LogP contribution in [-0.2, 0) is 0 Å². The first-order valence-electron chi connectivity index (χ1n) is 5.71. The Morgan fingerprint density at radius 1 is 1.29 bits per heavy atom. The standard InChI is InChI=1S/C13H10FN3O3S/c14-9-2-4-10(5-3-9)21-12-6-1-8(13(15)16-18)7-11(12)17(19)20/h1-7,18H,(H2,15,16). The molecular weight excluding hydrogens is 297 g/mol. The summed E-state index contributed by atoms with van der Waals surface area (Å²) in [5, 5.41) is 22.5. The Labute approximate surface area is 123 Å². The topological polar surface area (TPSA) is 102 Å². The molecule has 0 aliphatic carbocycles. The molecule has 108 valence electrons. The van der Waals surface area contributed by atoms with Crippen LogP contribution in [0, 0.1) is 15.9 Å². The minimum absolute atomic E-state index is 0.173. The first-order chi connectivity index (χ1) is 10.0. The SMILES string of the molecule is NC(=NO)c1ccc(Sc2ccc(F)cc2)c([N+](=O)[O-])c1. The number of hydrogen-bond donors (Lipinski definition) is 2. The molecule has 0 saturated heterocycles. The fourth-order valence-electron chi connectivity index (χ4n) is 1.59. The van der Waals surface area contributed by atoms with Gasteiger partial charge in [0.2, 0.25) is 0 Å². The molecule has 0 fully saturated rings. The molecule has 0 amide bonds. The van der Waals surface area contributed by atoms with Crippen LogP contribution in [0.4, 0.5) is 10.1 Å². The van der Waals surface area contributed by atoms with Gasteiger partial charge in [-0.3, -0.25) is 10.1 Å². The molecule has 8 heteroatoms. The van der Waals surface area contributed by atoms with E-state index in [0.717, 1.165) is 11.8 Å². The number of nitrogens with zero attached hydrogens (tertiary/aromatic N) is 2. The van der Waals surface area contributed by atoms with Crippen LogP contribution in [0.2, 0.25) is 0 Å². The minimum Gasteiger partial charge on any atom is -0.409 e. The van der Waals surface area contributed by atoms with Gasteiger partial charge in [0.25, 0.3) is 5.69 Å². The normalized spacial score (nSPS) is 11.4. The van der Waals surface area contributed by atoms with Crippen LogP contribution in [-0.4, -0.2) is 16.0 Å². The number of nitro groups is 1. The molecule has 2 rings (SSSR count). The van der Waals surface area contributed by atoms with Gasteiger partial charge in [-0.1, -0.05) is 16.9 Å². The van der Waals surface area contributed by atoms with Crippen LogP contribution in [0.3, 0.4) is 0 Å². The number of nitrogens with two attached hydrogens (primary N) is 1. The first kappa shape index (κ1) is 14.8. The Balaban J connectivity index is 2.39. The number of oxime groups is 1. The van der Waals surface area contributed by atoms with Gasteiger partial charge in [0.1, 0.15) is 5.82 Å². The molecular formula is C13H10FN3O3S. The highest BCUT2D eigenvalue weighted by molar-refractivity contribution is 7.99. The first-order valence-corrected chi connectivity index (χ1v) is 6.52. The van der Waals surface area contributed by atoms with E-state index >= 15 is 0 Å².